The van der Waals surface area contributed by atoms with Crippen molar-refractivity contribution >= 4 is 0 Å². The number of nitriles is 2. The molecule has 0 saturated carbocycles. The molecule has 0 aliphatic carbocycles. The maximum Gasteiger partial charge on any atom is 0.124 e. The van der Waals surface area contributed by atoms with Crippen molar-refractivity contribution in [2.75, 3.05) is 13.2 Å². The van der Waals surface area contributed by atoms with Gasteiger partial charge in [-0.15, -0.1) is 0 Å². The van der Waals surface area contributed by atoms with Crippen molar-refractivity contribution in [1.82, 2.24) is 0 Å². The van der Waals surface area contributed by atoms with Gasteiger partial charge in [0.15, 0.2) is 0 Å². The fourth-order valence-electron chi connectivity index (χ4n) is 4.14. The zero-order valence-electron chi connectivity index (χ0n) is 22.7. The molecule has 2 atom stereocenters. The van der Waals surface area contributed by atoms with Gasteiger partial charge in [-0.3, -0.25) is 0 Å². The third-order valence-corrected chi connectivity index (χ3v) is 6.48. The van der Waals surface area contributed by atoms with Gasteiger partial charge in [-0.1, -0.05) is 80.1 Å². The molecule has 0 spiro atoms. The zero-order chi connectivity index (χ0) is 25.3. The van der Waals surface area contributed by atoms with Crippen LogP contribution in [0.15, 0.2) is 12.1 Å². The molecule has 0 aliphatic heterocycles. The molecule has 0 unspecified atom stereocenters. The maximum atomic E-state index is 9.33. The van der Waals surface area contributed by atoms with Crippen LogP contribution in [0.3, 0.4) is 0 Å². The first-order chi connectivity index (χ1) is 16.3. The van der Waals surface area contributed by atoms with Crippen LogP contribution in [0.2, 0.25) is 0 Å². The number of nitrogens with zero attached hydrogens (tertiary/aromatic N) is 2. The molecule has 0 amide bonds. The second-order valence-electron chi connectivity index (χ2n) is 10.9. The van der Waals surface area contributed by atoms with Gasteiger partial charge in [0.05, 0.1) is 38.2 Å². The van der Waals surface area contributed by atoms with E-state index in [1.807, 2.05) is 12.1 Å². The van der Waals surface area contributed by atoms with E-state index >= 15 is 0 Å². The number of benzene rings is 1. The van der Waals surface area contributed by atoms with Crippen LogP contribution in [0.1, 0.15) is 104 Å². The van der Waals surface area contributed by atoms with Crippen LogP contribution >= 0.6 is 0 Å². The lowest BCUT2D eigenvalue weighted by Crippen LogP contribution is -2.09. The Bertz CT molecular complexity index is 707. The van der Waals surface area contributed by atoms with Crippen LogP contribution < -0.4 is 9.47 Å². The molecule has 0 radical (unpaired) electrons. The molecule has 1 aromatic carbocycles. The lowest BCUT2D eigenvalue weighted by Gasteiger charge is -2.18. The summed E-state index contributed by atoms with van der Waals surface area (Å²) < 4.78 is 12.2. The Labute approximate surface area is 209 Å². The Kier molecular flexibility index (Phi) is 15.1. The van der Waals surface area contributed by atoms with Crippen molar-refractivity contribution in [3.63, 3.8) is 0 Å². The molecule has 0 saturated heterocycles. The molecule has 0 fully saturated rings. The van der Waals surface area contributed by atoms with E-state index in [9.17, 15) is 10.5 Å². The van der Waals surface area contributed by atoms with E-state index in [2.05, 4.69) is 53.7 Å². The minimum Gasteiger partial charge on any atom is -0.493 e. The predicted molar refractivity (Wildman–Crippen MR) is 141 cm³/mol. The smallest absolute Gasteiger partial charge is 0.124 e. The van der Waals surface area contributed by atoms with Gasteiger partial charge in [0.1, 0.15) is 11.5 Å². The summed E-state index contributed by atoms with van der Waals surface area (Å²) in [4.78, 5) is 0. The Morgan fingerprint density at radius 3 is 1.32 bits per heavy atom. The summed E-state index contributed by atoms with van der Waals surface area (Å²) in [6, 6.07) is 8.33. The minimum atomic E-state index is 0.272. The van der Waals surface area contributed by atoms with Crippen LogP contribution in [0.4, 0.5) is 0 Å². The normalized spacial score (nSPS) is 12.9. The van der Waals surface area contributed by atoms with Gasteiger partial charge < -0.3 is 9.47 Å². The molecule has 4 nitrogen and oxygen atoms in total. The van der Waals surface area contributed by atoms with Gasteiger partial charge in [0.25, 0.3) is 0 Å². The van der Waals surface area contributed by atoms with Gasteiger partial charge in [-0.05, 0) is 48.6 Å². The summed E-state index contributed by atoms with van der Waals surface area (Å²) in [6.07, 6.45) is 10.0. The third kappa shape index (κ3) is 12.9. The van der Waals surface area contributed by atoms with Crippen LogP contribution in [0.25, 0.3) is 0 Å². The monoisotopic (exact) mass is 468 g/mol. The number of rotatable bonds is 18. The lowest BCUT2D eigenvalue weighted by atomic mass is 9.97. The summed E-state index contributed by atoms with van der Waals surface area (Å²) >= 11 is 0. The van der Waals surface area contributed by atoms with E-state index in [0.717, 1.165) is 47.3 Å². The first kappa shape index (κ1) is 29.8. The van der Waals surface area contributed by atoms with Crippen LogP contribution in [-0.2, 0) is 12.8 Å². The highest BCUT2D eigenvalue weighted by Crippen LogP contribution is 2.31. The third-order valence-electron chi connectivity index (χ3n) is 6.48. The molecule has 0 aliphatic rings. The standard InChI is InChI=1S/C30H48N2O2/c1-23(2)9-7-11-25(5)15-19-33-29-21-28(14-18-32)30(22-27(29)13-17-31)34-20-16-26(6)12-8-10-24(3)4/h21-26H,7-16,19-20H2,1-6H3/t25-,26-/m0/s1. The molecule has 190 valence electrons. The summed E-state index contributed by atoms with van der Waals surface area (Å²) in [5.74, 6) is 4.17. The first-order valence-corrected chi connectivity index (χ1v) is 13.4. The van der Waals surface area contributed by atoms with Gasteiger partial charge >= 0.3 is 0 Å². The Morgan fingerprint density at radius 1 is 0.618 bits per heavy atom. The molecule has 0 N–H and O–H groups in total. The number of hydrogen-bond donors (Lipinski definition) is 0. The van der Waals surface area contributed by atoms with Gasteiger partial charge in [0, 0.05) is 11.1 Å². The summed E-state index contributed by atoms with van der Waals surface area (Å²) in [5, 5.41) is 18.7. The number of hydrogen-bond acceptors (Lipinski definition) is 4. The topological polar surface area (TPSA) is 66.0 Å². The van der Waals surface area contributed by atoms with Gasteiger partial charge in [-0.25, -0.2) is 0 Å². The Hall–Kier alpha value is -2.20. The molecule has 0 heterocycles. The second-order valence-corrected chi connectivity index (χ2v) is 10.9. The lowest BCUT2D eigenvalue weighted by molar-refractivity contribution is 0.266. The van der Waals surface area contributed by atoms with Crippen molar-refractivity contribution < 1.29 is 9.47 Å². The van der Waals surface area contributed by atoms with E-state index in [0.29, 0.717) is 25.0 Å². The zero-order valence-corrected chi connectivity index (χ0v) is 22.7. The highest BCUT2D eigenvalue weighted by atomic mass is 16.5. The summed E-state index contributed by atoms with van der Waals surface area (Å²) in [5.41, 5.74) is 1.69. The van der Waals surface area contributed by atoms with E-state index in [-0.39, 0.29) is 12.8 Å². The van der Waals surface area contributed by atoms with Crippen LogP contribution in [0.5, 0.6) is 11.5 Å². The van der Waals surface area contributed by atoms with Gasteiger partial charge in [0.2, 0.25) is 0 Å². The summed E-state index contributed by atoms with van der Waals surface area (Å²) in [6.45, 7) is 14.9. The van der Waals surface area contributed by atoms with Crippen LogP contribution in [0, 0.1) is 46.3 Å². The number of ether oxygens (including phenoxy) is 2. The molecule has 4 heteroatoms. The van der Waals surface area contributed by atoms with Crippen molar-refractivity contribution in [2.45, 2.75) is 106 Å². The second kappa shape index (κ2) is 17.3. The highest BCUT2D eigenvalue weighted by molar-refractivity contribution is 5.48. The fourth-order valence-corrected chi connectivity index (χ4v) is 4.14. The minimum absolute atomic E-state index is 0.272. The molecule has 0 aromatic heterocycles. The van der Waals surface area contributed by atoms with E-state index in [1.165, 1.54) is 38.5 Å². The fraction of sp³-hybridized carbons (Fsp3) is 0.733. The Morgan fingerprint density at radius 2 is 1.00 bits per heavy atom. The van der Waals surface area contributed by atoms with E-state index in [4.69, 9.17) is 9.47 Å². The predicted octanol–water partition coefficient (Wildman–Crippen LogP) is 8.28. The molecular weight excluding hydrogens is 420 g/mol. The molecule has 1 rings (SSSR count). The largest absolute Gasteiger partial charge is 0.493 e. The molecule has 0 bridgehead atoms. The average Bonchev–Trinajstić information content (AvgIpc) is 2.76. The molecule has 34 heavy (non-hydrogen) atoms. The molecular formula is C30H48N2O2. The van der Waals surface area contributed by atoms with Crippen molar-refractivity contribution in [2.24, 2.45) is 23.7 Å². The van der Waals surface area contributed by atoms with Gasteiger partial charge in [-0.2, -0.15) is 10.5 Å². The van der Waals surface area contributed by atoms with Crippen molar-refractivity contribution in [3.05, 3.63) is 23.3 Å². The highest BCUT2D eigenvalue weighted by Gasteiger charge is 2.14. The Balaban J connectivity index is 2.71. The SMILES string of the molecule is CC(C)CCC[C@H](C)CCOc1cc(CC#N)c(OCC[C@@H](C)CCCC(C)C)cc1CC#N. The first-order valence-electron chi connectivity index (χ1n) is 13.4. The van der Waals surface area contributed by atoms with E-state index in [1.54, 1.807) is 0 Å². The van der Waals surface area contributed by atoms with Crippen molar-refractivity contribution in [1.29, 1.82) is 10.5 Å². The van der Waals surface area contributed by atoms with E-state index < -0.39 is 0 Å². The average molecular weight is 469 g/mol. The van der Waals surface area contributed by atoms with Crippen LogP contribution in [-0.4, -0.2) is 13.2 Å². The quantitative estimate of drug-likeness (QED) is 0.217. The maximum absolute atomic E-state index is 9.33. The molecule has 1 aromatic rings. The summed E-state index contributed by atoms with van der Waals surface area (Å²) in [7, 11) is 0. The van der Waals surface area contributed by atoms with Crippen molar-refractivity contribution in [3.8, 4) is 23.6 Å².